The van der Waals surface area contributed by atoms with E-state index in [9.17, 15) is 23.2 Å². The lowest BCUT2D eigenvalue weighted by Crippen LogP contribution is -2.43. The Morgan fingerprint density at radius 3 is 2.51 bits per heavy atom. The van der Waals surface area contributed by atoms with E-state index in [4.69, 9.17) is 4.74 Å². The molecule has 1 fully saturated rings. The highest BCUT2D eigenvalue weighted by atomic mass is 19.3. The molecule has 4 rings (SSSR count). The molecule has 0 aliphatic carbocycles. The molecule has 7 nitrogen and oxygen atoms in total. The van der Waals surface area contributed by atoms with Gasteiger partial charge in [-0.3, -0.25) is 14.4 Å². The maximum absolute atomic E-state index is 13.9. The highest BCUT2D eigenvalue weighted by molar-refractivity contribution is 6.07. The van der Waals surface area contributed by atoms with Gasteiger partial charge in [0.1, 0.15) is 0 Å². The van der Waals surface area contributed by atoms with Crippen molar-refractivity contribution in [1.82, 2.24) is 10.6 Å². The average Bonchev–Trinajstić information content (AvgIpc) is 3.48. The lowest BCUT2D eigenvalue weighted by Gasteiger charge is -2.25. The van der Waals surface area contributed by atoms with Gasteiger partial charge in [-0.05, 0) is 30.2 Å². The summed E-state index contributed by atoms with van der Waals surface area (Å²) in [5.74, 6) is -3.71. The number of halogens is 2. The third-order valence-corrected chi connectivity index (χ3v) is 6.23. The molecule has 3 N–H and O–H groups in total. The summed E-state index contributed by atoms with van der Waals surface area (Å²) in [6.07, 6.45) is 1.64. The minimum atomic E-state index is -2.98. The fraction of sp³-hybridized carbons (Fsp3) is 0.346. The molecule has 2 aromatic carbocycles. The van der Waals surface area contributed by atoms with Crippen molar-refractivity contribution in [3.8, 4) is 0 Å². The molecule has 2 aliphatic heterocycles. The van der Waals surface area contributed by atoms with E-state index in [1.165, 1.54) is 12.1 Å². The van der Waals surface area contributed by atoms with Gasteiger partial charge < -0.3 is 20.7 Å². The van der Waals surface area contributed by atoms with Gasteiger partial charge in [0.05, 0.1) is 24.3 Å². The van der Waals surface area contributed by atoms with Crippen LogP contribution in [-0.4, -0.2) is 37.2 Å². The second-order valence-corrected chi connectivity index (χ2v) is 9.00. The Labute approximate surface area is 201 Å². The lowest BCUT2D eigenvalue weighted by molar-refractivity contribution is -0.135. The maximum atomic E-state index is 13.9. The van der Waals surface area contributed by atoms with E-state index in [0.29, 0.717) is 24.4 Å². The number of nitrogens with one attached hydrogen (secondary N) is 3. The van der Waals surface area contributed by atoms with Gasteiger partial charge in [-0.25, -0.2) is 8.78 Å². The summed E-state index contributed by atoms with van der Waals surface area (Å²) in [6.45, 7) is 1.70. The fourth-order valence-electron chi connectivity index (χ4n) is 4.24. The molecule has 2 heterocycles. The van der Waals surface area contributed by atoms with Crippen LogP contribution in [0, 0.1) is 5.41 Å². The third-order valence-electron chi connectivity index (χ3n) is 6.23. The summed E-state index contributed by atoms with van der Waals surface area (Å²) in [4.78, 5) is 37.1. The third kappa shape index (κ3) is 5.74. The first-order valence-corrected chi connectivity index (χ1v) is 11.4. The Balaban J connectivity index is 1.38. The summed E-state index contributed by atoms with van der Waals surface area (Å²) in [5, 5.41) is 8.67. The highest BCUT2D eigenvalue weighted by Crippen LogP contribution is 2.35. The van der Waals surface area contributed by atoms with Crippen molar-refractivity contribution in [2.45, 2.75) is 32.2 Å². The Morgan fingerprint density at radius 2 is 1.89 bits per heavy atom. The Morgan fingerprint density at radius 1 is 1.14 bits per heavy atom. The molecule has 9 heteroatoms. The van der Waals surface area contributed by atoms with Crippen LogP contribution < -0.4 is 16.0 Å². The molecule has 0 saturated carbocycles. The number of hydrogen-bond acceptors (Lipinski definition) is 6. The van der Waals surface area contributed by atoms with Crippen molar-refractivity contribution in [2.24, 2.45) is 5.41 Å². The van der Waals surface area contributed by atoms with Crippen LogP contribution in [-0.2, 0) is 31.6 Å². The molecule has 1 amide bonds. The summed E-state index contributed by atoms with van der Waals surface area (Å²) >= 11 is 0. The van der Waals surface area contributed by atoms with E-state index < -0.39 is 11.3 Å². The highest BCUT2D eigenvalue weighted by Gasteiger charge is 2.44. The normalized spacial score (nSPS) is 19.7. The van der Waals surface area contributed by atoms with E-state index in [-0.39, 0.29) is 54.9 Å². The zero-order valence-corrected chi connectivity index (χ0v) is 19.3. The second-order valence-electron chi connectivity index (χ2n) is 9.00. The van der Waals surface area contributed by atoms with E-state index in [1.54, 1.807) is 42.5 Å². The van der Waals surface area contributed by atoms with Crippen molar-refractivity contribution in [3.63, 3.8) is 0 Å². The molecule has 0 unspecified atom stereocenters. The van der Waals surface area contributed by atoms with Crippen molar-refractivity contribution < 1.29 is 27.9 Å². The van der Waals surface area contributed by atoms with Gasteiger partial charge in [0.25, 0.3) is 5.92 Å². The van der Waals surface area contributed by atoms with Crippen LogP contribution in [0.4, 0.5) is 20.2 Å². The predicted octanol–water partition coefficient (Wildman–Crippen LogP) is 3.58. The largest absolute Gasteiger partial charge is 0.380 e. The maximum Gasteiger partial charge on any atom is 0.272 e. The van der Waals surface area contributed by atoms with Crippen molar-refractivity contribution in [3.05, 3.63) is 71.4 Å². The Hall–Kier alpha value is -3.59. The molecule has 1 atom stereocenters. The predicted molar refractivity (Wildman–Crippen MR) is 126 cm³/mol. The first-order chi connectivity index (χ1) is 16.7. The summed E-state index contributed by atoms with van der Waals surface area (Å²) < 4.78 is 33.2. The zero-order chi connectivity index (χ0) is 25.1. The Bertz CT molecular complexity index is 1150. The number of alkyl halides is 2. The van der Waals surface area contributed by atoms with Crippen LogP contribution >= 0.6 is 0 Å². The summed E-state index contributed by atoms with van der Waals surface area (Å²) in [7, 11) is 0. The van der Waals surface area contributed by atoms with Gasteiger partial charge in [-0.2, -0.15) is 0 Å². The molecule has 184 valence electrons. The standard InChI is InChI=1S/C26H27F2N3O4/c1-25(27,28)20-4-2-3-5-21(20)31-18-8-6-17(7-9-18)14-30-24(34)26(10-11-35-16-26)13-23(33)22-12-19(32)15-29-22/h2-9,12,29,31H,10-11,13-16H2,1H3,(H,30,34)/t26-/m0/s1. The number of carbonyl (C=O) groups is 3. The molecule has 0 aromatic heterocycles. The monoisotopic (exact) mass is 483 g/mol. The number of anilines is 2. The number of benzene rings is 2. The number of ether oxygens (including phenoxy) is 1. The molecule has 0 bridgehead atoms. The molecule has 0 radical (unpaired) electrons. The lowest BCUT2D eigenvalue weighted by atomic mass is 9.80. The number of Topliss-reactive ketones (excluding diaryl/α,β-unsaturated/α-hetero) is 1. The molecule has 2 aliphatic rings. The number of rotatable bonds is 9. The summed E-state index contributed by atoms with van der Waals surface area (Å²) in [5.41, 5.74) is 0.922. The molecule has 35 heavy (non-hydrogen) atoms. The number of amides is 1. The van der Waals surface area contributed by atoms with Crippen LogP contribution in [0.3, 0.4) is 0 Å². The van der Waals surface area contributed by atoms with E-state index in [0.717, 1.165) is 12.5 Å². The van der Waals surface area contributed by atoms with Gasteiger partial charge in [0, 0.05) is 49.5 Å². The number of ketones is 2. The zero-order valence-electron chi connectivity index (χ0n) is 19.3. The minimum Gasteiger partial charge on any atom is -0.380 e. The average molecular weight is 484 g/mol. The van der Waals surface area contributed by atoms with Crippen LogP contribution in [0.25, 0.3) is 0 Å². The van der Waals surface area contributed by atoms with Crippen LogP contribution in [0.2, 0.25) is 0 Å². The van der Waals surface area contributed by atoms with Crippen molar-refractivity contribution in [2.75, 3.05) is 25.1 Å². The number of hydrogen-bond donors (Lipinski definition) is 3. The van der Waals surface area contributed by atoms with Crippen LogP contribution in [0.1, 0.15) is 30.9 Å². The van der Waals surface area contributed by atoms with E-state index >= 15 is 0 Å². The Kier molecular flexibility index (Phi) is 6.98. The molecule has 2 aromatic rings. The summed E-state index contributed by atoms with van der Waals surface area (Å²) in [6, 6.07) is 13.3. The van der Waals surface area contributed by atoms with Gasteiger partial charge in [0.2, 0.25) is 5.91 Å². The van der Waals surface area contributed by atoms with Crippen molar-refractivity contribution >= 4 is 28.8 Å². The smallest absolute Gasteiger partial charge is 0.272 e. The topological polar surface area (TPSA) is 96.5 Å². The molecule has 0 spiro atoms. The quantitative estimate of drug-likeness (QED) is 0.505. The first-order valence-electron chi connectivity index (χ1n) is 11.4. The first kappa shape index (κ1) is 24.5. The van der Waals surface area contributed by atoms with Gasteiger partial charge in [-0.15, -0.1) is 0 Å². The van der Waals surface area contributed by atoms with Gasteiger partial charge >= 0.3 is 0 Å². The van der Waals surface area contributed by atoms with Crippen LogP contribution in [0.15, 0.2) is 60.3 Å². The number of allylic oxidation sites excluding steroid dienone is 1. The molecular formula is C26H27F2N3O4. The van der Waals surface area contributed by atoms with Gasteiger partial charge in [0.15, 0.2) is 11.6 Å². The SMILES string of the molecule is CC(F)(F)c1ccccc1Nc1ccc(CNC(=O)[C@]2(CC(=O)C3=CC(=O)CN3)CCOC2)cc1. The van der Waals surface area contributed by atoms with E-state index in [2.05, 4.69) is 16.0 Å². The second kappa shape index (κ2) is 9.95. The number of para-hydroxylation sites is 1. The van der Waals surface area contributed by atoms with E-state index in [1.807, 2.05) is 0 Å². The molecular weight excluding hydrogens is 456 g/mol. The van der Waals surface area contributed by atoms with Crippen LogP contribution in [0.5, 0.6) is 0 Å². The fourth-order valence-corrected chi connectivity index (χ4v) is 4.24. The van der Waals surface area contributed by atoms with Gasteiger partial charge in [-0.1, -0.05) is 30.3 Å². The van der Waals surface area contributed by atoms with Crippen molar-refractivity contribution in [1.29, 1.82) is 0 Å². The number of carbonyl (C=O) groups excluding carboxylic acids is 3. The minimum absolute atomic E-state index is 0.0464. The molecule has 1 saturated heterocycles.